The smallest absolute Gasteiger partial charge is 0.192 e. The highest BCUT2D eigenvalue weighted by Gasteiger charge is 2.81. The summed E-state index contributed by atoms with van der Waals surface area (Å²) >= 11 is 0. The van der Waals surface area contributed by atoms with Gasteiger partial charge in [-0.25, -0.2) is 0 Å². The zero-order chi connectivity index (χ0) is 34.3. The highest BCUT2D eigenvalue weighted by molar-refractivity contribution is 5.91. The maximum Gasteiger partial charge on any atom is 0.192 e. The van der Waals surface area contributed by atoms with Gasteiger partial charge in [-0.2, -0.15) is 0 Å². The van der Waals surface area contributed by atoms with Crippen LogP contribution in [0, 0.1) is 45.8 Å². The van der Waals surface area contributed by atoms with Gasteiger partial charge in [-0.05, 0) is 81.5 Å². The molecule has 0 bridgehead atoms. The lowest BCUT2D eigenvalue weighted by Crippen LogP contribution is -2.69. The van der Waals surface area contributed by atoms with Gasteiger partial charge in [0.1, 0.15) is 35.8 Å². The van der Waals surface area contributed by atoms with Crippen LogP contribution in [-0.2, 0) is 23.7 Å². The quantitative estimate of drug-likeness (QED) is 0.209. The summed E-state index contributed by atoms with van der Waals surface area (Å²) in [7, 11) is 1.78. The molecule has 0 unspecified atom stereocenters. The van der Waals surface area contributed by atoms with E-state index in [2.05, 4.69) is 13.8 Å². The summed E-state index contributed by atoms with van der Waals surface area (Å²) in [4.78, 5) is 13.6. The van der Waals surface area contributed by atoms with Crippen molar-refractivity contribution in [2.75, 3.05) is 13.7 Å². The third-order valence-electron chi connectivity index (χ3n) is 15.7. The number of ketones is 1. The molecule has 0 radical (unpaired) electrons. The fourth-order valence-corrected chi connectivity index (χ4v) is 12.4. The van der Waals surface area contributed by atoms with E-state index in [1.807, 2.05) is 6.92 Å². The number of methoxy groups -OCH3 is 1. The molecule has 2 saturated heterocycles. The van der Waals surface area contributed by atoms with Crippen LogP contribution < -0.4 is 0 Å². The van der Waals surface area contributed by atoms with Crippen LogP contribution in [-0.4, -0.2) is 121 Å². The standard InChI is InChI=1S/C35H56O12/c1-16(21-14-31(3,41)33(5,42)29(46-21)47-28-27(40)26(39)25(38)22(15-36)45-28)35(43)10-8-19-18-12-24(44-6)34-13-17(34)11-23(37)32(34,4)20(18)7-9-30(19,35)2/h16-22,24-29,36,38-43H,7-15H2,1-6H3/t16-,17+,18+,19+,20+,21-,22-,24-,25-,26+,27-,28+,29+,30+,31-,32+,33-,34+,35+/m1/s1. The molecule has 0 aromatic carbocycles. The van der Waals surface area contributed by atoms with Gasteiger partial charge in [0.2, 0.25) is 0 Å². The Hall–Kier alpha value is -0.770. The van der Waals surface area contributed by atoms with E-state index in [0.29, 0.717) is 24.5 Å². The maximum absolute atomic E-state index is 13.6. The number of ether oxygens (including phenoxy) is 4. The van der Waals surface area contributed by atoms with Gasteiger partial charge < -0.3 is 54.7 Å². The first-order valence-corrected chi connectivity index (χ1v) is 17.7. The van der Waals surface area contributed by atoms with Crippen LogP contribution in [0.25, 0.3) is 0 Å². The van der Waals surface area contributed by atoms with E-state index in [4.69, 9.17) is 18.9 Å². The lowest BCUT2D eigenvalue weighted by molar-refractivity contribution is -0.400. The summed E-state index contributed by atoms with van der Waals surface area (Å²) in [6, 6.07) is 0. The predicted molar refractivity (Wildman–Crippen MR) is 164 cm³/mol. The summed E-state index contributed by atoms with van der Waals surface area (Å²) in [5, 5.41) is 76.7. The number of carbonyl (C=O) groups excluding carboxylic acids is 1. The first-order valence-electron chi connectivity index (χ1n) is 17.7. The van der Waals surface area contributed by atoms with Crippen LogP contribution in [0.2, 0.25) is 0 Å². The third-order valence-corrected chi connectivity index (χ3v) is 15.7. The Kier molecular flexibility index (Phi) is 8.02. The fraction of sp³-hybridized carbons (Fsp3) is 0.971. The number of aliphatic hydroxyl groups excluding tert-OH is 4. The van der Waals surface area contributed by atoms with Gasteiger partial charge in [0, 0.05) is 36.7 Å². The van der Waals surface area contributed by atoms with E-state index in [1.54, 1.807) is 7.11 Å². The summed E-state index contributed by atoms with van der Waals surface area (Å²) in [6.45, 7) is 8.45. The molecule has 1 spiro atoms. The van der Waals surface area contributed by atoms with Crippen LogP contribution in [0.4, 0.5) is 0 Å². The molecule has 19 atom stereocenters. The van der Waals surface area contributed by atoms with Crippen molar-refractivity contribution in [2.24, 2.45) is 45.8 Å². The van der Waals surface area contributed by atoms with Crippen LogP contribution in [0.15, 0.2) is 0 Å². The molecule has 12 nitrogen and oxygen atoms in total. The lowest BCUT2D eigenvalue weighted by atomic mass is 9.44. The molecular formula is C35H56O12. The van der Waals surface area contributed by atoms with Gasteiger partial charge in [-0.3, -0.25) is 4.79 Å². The molecule has 0 amide bonds. The van der Waals surface area contributed by atoms with Crippen molar-refractivity contribution in [3.63, 3.8) is 0 Å². The van der Waals surface area contributed by atoms with Gasteiger partial charge in [0.25, 0.3) is 0 Å². The van der Waals surface area contributed by atoms with Gasteiger partial charge in [-0.15, -0.1) is 0 Å². The Morgan fingerprint density at radius 3 is 2.28 bits per heavy atom. The van der Waals surface area contributed by atoms with Crippen LogP contribution in [0.1, 0.15) is 86.0 Å². The van der Waals surface area contributed by atoms with E-state index in [9.17, 15) is 40.5 Å². The average molecular weight is 669 g/mol. The molecule has 268 valence electrons. The largest absolute Gasteiger partial charge is 0.394 e. The van der Waals surface area contributed by atoms with Crippen molar-refractivity contribution in [1.29, 1.82) is 0 Å². The van der Waals surface area contributed by atoms with E-state index < -0.39 is 83.3 Å². The minimum Gasteiger partial charge on any atom is -0.394 e. The van der Waals surface area contributed by atoms with Gasteiger partial charge in [0.05, 0.1) is 30.0 Å². The Labute approximate surface area is 276 Å². The van der Waals surface area contributed by atoms with E-state index in [-0.39, 0.29) is 35.7 Å². The SMILES string of the molecule is CO[C@@H]1C[C@H]2[C@@H]3CC[C@](O)([C@H](C)[C@H]4C[C@@](C)(O)[C@](C)(O)[C@H](O[C@@H]5O[C@H](CO)[C@@H](O)[C@H](O)[C@H]5O)O4)[C@@]3(C)CC[C@@H]2[C@@]2(C)C(=O)C[C@H]3C[C@]312. The average Bonchev–Trinajstić information content (AvgIpc) is 3.59. The van der Waals surface area contributed by atoms with Gasteiger partial charge in [0.15, 0.2) is 12.6 Å². The van der Waals surface area contributed by atoms with E-state index in [1.165, 1.54) is 13.8 Å². The second-order valence-corrected chi connectivity index (χ2v) is 17.3. The summed E-state index contributed by atoms with van der Waals surface area (Å²) in [6.07, 6.45) is -4.62. The Morgan fingerprint density at radius 1 is 0.936 bits per heavy atom. The van der Waals surface area contributed by atoms with Crippen LogP contribution in [0.5, 0.6) is 0 Å². The number of hydrogen-bond donors (Lipinski definition) is 7. The molecular weight excluding hydrogens is 612 g/mol. The normalized spacial score (nSPS) is 60.7. The number of aliphatic hydroxyl groups is 7. The zero-order valence-electron chi connectivity index (χ0n) is 28.5. The first-order chi connectivity index (χ1) is 21.9. The minimum absolute atomic E-state index is 0.00690. The van der Waals surface area contributed by atoms with Crippen molar-refractivity contribution in [3.8, 4) is 0 Å². The molecule has 12 heteroatoms. The molecule has 0 aromatic heterocycles. The zero-order valence-corrected chi connectivity index (χ0v) is 28.5. The lowest BCUT2D eigenvalue weighted by Gasteiger charge is -2.62. The summed E-state index contributed by atoms with van der Waals surface area (Å²) in [5.41, 5.74) is -5.90. The van der Waals surface area contributed by atoms with Crippen molar-refractivity contribution in [3.05, 3.63) is 0 Å². The predicted octanol–water partition coefficient (Wildman–Crippen LogP) is 0.634. The van der Waals surface area contributed by atoms with Crippen LogP contribution >= 0.6 is 0 Å². The Balaban J connectivity index is 1.14. The Bertz CT molecular complexity index is 1260. The molecule has 47 heavy (non-hydrogen) atoms. The van der Waals surface area contributed by atoms with Crippen molar-refractivity contribution in [2.45, 2.75) is 152 Å². The molecule has 0 aromatic rings. The van der Waals surface area contributed by atoms with Crippen molar-refractivity contribution >= 4 is 5.78 Å². The second-order valence-electron chi connectivity index (χ2n) is 17.3. The number of hydrogen-bond acceptors (Lipinski definition) is 12. The monoisotopic (exact) mass is 668 g/mol. The molecule has 7 aliphatic rings. The number of carbonyl (C=O) groups is 1. The topological polar surface area (TPSA) is 196 Å². The van der Waals surface area contributed by atoms with Gasteiger partial charge >= 0.3 is 0 Å². The molecule has 7 N–H and O–H groups in total. The highest BCUT2D eigenvalue weighted by Crippen LogP contribution is 2.81. The van der Waals surface area contributed by atoms with E-state index in [0.717, 1.165) is 32.1 Å². The second kappa shape index (κ2) is 10.9. The summed E-state index contributed by atoms with van der Waals surface area (Å²) < 4.78 is 24.0. The van der Waals surface area contributed by atoms with E-state index >= 15 is 0 Å². The van der Waals surface area contributed by atoms with Crippen molar-refractivity contribution < 1.29 is 59.5 Å². The van der Waals surface area contributed by atoms with Crippen molar-refractivity contribution in [1.82, 2.24) is 0 Å². The number of Topliss-reactive ketones (excluding diaryl/α,β-unsaturated/α-hetero) is 1. The molecule has 5 aliphatic carbocycles. The Morgan fingerprint density at radius 2 is 1.62 bits per heavy atom. The summed E-state index contributed by atoms with van der Waals surface area (Å²) in [5.74, 6) is 0.944. The first kappa shape index (κ1) is 34.7. The molecule has 2 heterocycles. The molecule has 7 fully saturated rings. The van der Waals surface area contributed by atoms with Gasteiger partial charge in [-0.1, -0.05) is 20.8 Å². The number of fused-ring (bicyclic) bond motifs is 4. The molecule has 5 saturated carbocycles. The number of rotatable bonds is 6. The molecule has 2 aliphatic heterocycles. The fourth-order valence-electron chi connectivity index (χ4n) is 12.4. The maximum atomic E-state index is 13.6. The highest BCUT2D eigenvalue weighted by atomic mass is 16.8. The van der Waals surface area contributed by atoms with Crippen LogP contribution in [0.3, 0.4) is 0 Å². The molecule has 7 rings (SSSR count). The third kappa shape index (κ3) is 4.30. The minimum atomic E-state index is -2.00.